The maximum absolute atomic E-state index is 12.9. The van der Waals surface area contributed by atoms with Crippen molar-refractivity contribution in [1.29, 1.82) is 0 Å². The monoisotopic (exact) mass is 285 g/mol. The molecule has 2 nitrogen and oxygen atoms in total. The molecule has 1 aliphatic rings. The second kappa shape index (κ2) is 4.53. The minimum Gasteiger partial charge on any atom is -0.336 e. The second-order valence-corrected chi connectivity index (χ2v) is 4.97. The van der Waals surface area contributed by atoms with Crippen LogP contribution in [0.2, 0.25) is 0 Å². The number of nitrogens with zero attached hydrogens (tertiary/aromatic N) is 1. The first kappa shape index (κ1) is 11.6. The zero-order chi connectivity index (χ0) is 11.7. The molecule has 1 amide bonds. The fourth-order valence-electron chi connectivity index (χ4n) is 2.05. The molecule has 1 heterocycles. The van der Waals surface area contributed by atoms with Crippen molar-refractivity contribution in [3.63, 3.8) is 0 Å². The first-order chi connectivity index (χ1) is 7.59. The van der Waals surface area contributed by atoms with Crippen LogP contribution in [-0.2, 0) is 0 Å². The predicted octanol–water partition coefficient (Wildman–Crippen LogP) is 3.21. The zero-order valence-corrected chi connectivity index (χ0v) is 10.6. The molecule has 1 aromatic carbocycles. The number of hydrogen-bond acceptors (Lipinski definition) is 1. The largest absolute Gasteiger partial charge is 0.336 e. The maximum Gasteiger partial charge on any atom is 0.255 e. The van der Waals surface area contributed by atoms with Crippen molar-refractivity contribution >= 4 is 21.8 Å². The summed E-state index contributed by atoms with van der Waals surface area (Å²) in [4.78, 5) is 14.0. The smallest absolute Gasteiger partial charge is 0.255 e. The van der Waals surface area contributed by atoms with Gasteiger partial charge in [0.2, 0.25) is 0 Å². The van der Waals surface area contributed by atoms with E-state index in [9.17, 15) is 9.18 Å². The Hall–Kier alpha value is -0.900. The molecule has 0 radical (unpaired) electrons. The van der Waals surface area contributed by atoms with Gasteiger partial charge in [0.25, 0.3) is 5.91 Å². The Morgan fingerprint density at radius 2 is 2.31 bits per heavy atom. The molecule has 2 rings (SSSR count). The highest BCUT2D eigenvalue weighted by atomic mass is 79.9. The highest BCUT2D eigenvalue weighted by Gasteiger charge is 2.27. The van der Waals surface area contributed by atoms with Gasteiger partial charge in [0, 0.05) is 17.1 Å². The maximum atomic E-state index is 12.9. The van der Waals surface area contributed by atoms with Crippen LogP contribution in [-0.4, -0.2) is 23.4 Å². The van der Waals surface area contributed by atoms with Gasteiger partial charge in [-0.2, -0.15) is 0 Å². The van der Waals surface area contributed by atoms with E-state index in [2.05, 4.69) is 15.9 Å². The van der Waals surface area contributed by atoms with Crippen molar-refractivity contribution in [1.82, 2.24) is 4.90 Å². The average molecular weight is 286 g/mol. The van der Waals surface area contributed by atoms with E-state index in [0.717, 1.165) is 19.4 Å². The third kappa shape index (κ3) is 2.12. The quantitative estimate of drug-likeness (QED) is 0.776. The summed E-state index contributed by atoms with van der Waals surface area (Å²) in [5.41, 5.74) is 0.537. The second-order valence-electron chi connectivity index (χ2n) is 4.11. The van der Waals surface area contributed by atoms with Crippen LogP contribution in [0.4, 0.5) is 4.39 Å². The lowest BCUT2D eigenvalue weighted by Gasteiger charge is -2.21. The molecule has 4 heteroatoms. The van der Waals surface area contributed by atoms with E-state index >= 15 is 0 Å². The number of benzene rings is 1. The molecule has 0 spiro atoms. The number of amides is 1. The van der Waals surface area contributed by atoms with Crippen molar-refractivity contribution in [3.05, 3.63) is 34.1 Å². The van der Waals surface area contributed by atoms with Crippen molar-refractivity contribution in [2.45, 2.75) is 25.8 Å². The molecule has 0 N–H and O–H groups in total. The van der Waals surface area contributed by atoms with Crippen LogP contribution in [0.3, 0.4) is 0 Å². The lowest BCUT2D eigenvalue weighted by Crippen LogP contribution is -2.33. The summed E-state index contributed by atoms with van der Waals surface area (Å²) in [5, 5.41) is 0. The van der Waals surface area contributed by atoms with Crippen LogP contribution >= 0.6 is 15.9 Å². The highest BCUT2D eigenvalue weighted by Crippen LogP contribution is 2.24. The van der Waals surface area contributed by atoms with Crippen molar-refractivity contribution in [3.8, 4) is 0 Å². The number of hydrogen-bond donors (Lipinski definition) is 0. The summed E-state index contributed by atoms with van der Waals surface area (Å²) in [5.74, 6) is -0.352. The van der Waals surface area contributed by atoms with Crippen molar-refractivity contribution in [2.75, 3.05) is 6.54 Å². The topological polar surface area (TPSA) is 20.3 Å². The lowest BCUT2D eigenvalue weighted by atomic mass is 10.2. The van der Waals surface area contributed by atoms with Gasteiger partial charge in [-0.25, -0.2) is 4.39 Å². The molecular formula is C12H13BrFNO. The molecule has 0 bridgehead atoms. The van der Waals surface area contributed by atoms with Crippen LogP contribution < -0.4 is 0 Å². The van der Waals surface area contributed by atoms with E-state index in [1.165, 1.54) is 18.2 Å². The van der Waals surface area contributed by atoms with E-state index in [4.69, 9.17) is 0 Å². The van der Waals surface area contributed by atoms with Gasteiger partial charge in [-0.3, -0.25) is 4.79 Å². The van der Waals surface area contributed by atoms with E-state index in [-0.39, 0.29) is 17.8 Å². The summed E-state index contributed by atoms with van der Waals surface area (Å²) < 4.78 is 13.4. The van der Waals surface area contributed by atoms with Gasteiger partial charge >= 0.3 is 0 Å². The molecule has 0 aliphatic carbocycles. The number of carbonyl (C=O) groups excluding carboxylic acids is 1. The Morgan fingerprint density at radius 1 is 1.56 bits per heavy atom. The van der Waals surface area contributed by atoms with Gasteiger partial charge in [0.1, 0.15) is 5.82 Å². The van der Waals surface area contributed by atoms with E-state index in [1.54, 1.807) is 0 Å². The number of carbonyl (C=O) groups is 1. The fraction of sp³-hybridized carbons (Fsp3) is 0.417. The SMILES string of the molecule is C[C@H]1CCCN1C(=O)c1ccc(F)cc1Br. The normalized spacial score (nSPS) is 20.2. The molecule has 1 atom stereocenters. The molecular weight excluding hydrogens is 273 g/mol. The van der Waals surface area contributed by atoms with Crippen molar-refractivity contribution in [2.24, 2.45) is 0 Å². The Balaban J connectivity index is 2.27. The van der Waals surface area contributed by atoms with Gasteiger partial charge in [0.15, 0.2) is 0 Å². The zero-order valence-electron chi connectivity index (χ0n) is 9.04. The van der Waals surface area contributed by atoms with Crippen LogP contribution in [0.1, 0.15) is 30.1 Å². The third-order valence-corrected chi connectivity index (χ3v) is 3.63. The predicted molar refractivity (Wildman–Crippen MR) is 63.8 cm³/mol. The minimum atomic E-state index is -0.335. The summed E-state index contributed by atoms with van der Waals surface area (Å²) in [6, 6.07) is 4.46. The molecule has 1 aromatic rings. The summed E-state index contributed by atoms with van der Waals surface area (Å²) in [6.07, 6.45) is 2.09. The van der Waals surface area contributed by atoms with E-state index in [0.29, 0.717) is 10.0 Å². The van der Waals surface area contributed by atoms with Gasteiger partial charge in [-0.05, 0) is 53.9 Å². The molecule has 0 unspecified atom stereocenters. The van der Waals surface area contributed by atoms with Crippen LogP contribution in [0.25, 0.3) is 0 Å². The molecule has 1 fully saturated rings. The molecule has 86 valence electrons. The first-order valence-corrected chi connectivity index (χ1v) is 6.15. The van der Waals surface area contributed by atoms with Crippen LogP contribution in [0.15, 0.2) is 22.7 Å². The first-order valence-electron chi connectivity index (χ1n) is 5.35. The third-order valence-electron chi connectivity index (χ3n) is 2.98. The summed E-state index contributed by atoms with van der Waals surface area (Å²) in [7, 11) is 0. The lowest BCUT2D eigenvalue weighted by molar-refractivity contribution is 0.0746. The molecule has 0 saturated carbocycles. The van der Waals surface area contributed by atoms with Gasteiger partial charge in [0.05, 0.1) is 5.56 Å². The van der Waals surface area contributed by atoms with E-state index in [1.807, 2.05) is 11.8 Å². The van der Waals surface area contributed by atoms with Crippen molar-refractivity contribution < 1.29 is 9.18 Å². The molecule has 16 heavy (non-hydrogen) atoms. The average Bonchev–Trinajstić information content (AvgIpc) is 2.63. The van der Waals surface area contributed by atoms with Crippen LogP contribution in [0.5, 0.6) is 0 Å². The molecule has 1 aliphatic heterocycles. The fourth-order valence-corrected chi connectivity index (χ4v) is 2.57. The molecule has 1 saturated heterocycles. The Labute approximate surface area is 103 Å². The number of halogens is 2. The number of likely N-dealkylation sites (tertiary alicyclic amines) is 1. The van der Waals surface area contributed by atoms with Crippen LogP contribution in [0, 0.1) is 5.82 Å². The number of rotatable bonds is 1. The Morgan fingerprint density at radius 3 is 2.88 bits per heavy atom. The van der Waals surface area contributed by atoms with Gasteiger partial charge in [-0.1, -0.05) is 0 Å². The standard InChI is InChI=1S/C12H13BrFNO/c1-8-3-2-6-15(8)12(16)10-5-4-9(14)7-11(10)13/h4-5,7-8H,2-3,6H2,1H3/t8-/m0/s1. The molecule has 0 aromatic heterocycles. The Kier molecular flexibility index (Phi) is 3.28. The Bertz CT molecular complexity index is 421. The van der Waals surface area contributed by atoms with E-state index < -0.39 is 0 Å². The highest BCUT2D eigenvalue weighted by molar-refractivity contribution is 9.10. The van der Waals surface area contributed by atoms with Gasteiger partial charge < -0.3 is 4.90 Å². The summed E-state index contributed by atoms with van der Waals surface area (Å²) in [6.45, 7) is 2.84. The van der Waals surface area contributed by atoms with Gasteiger partial charge in [-0.15, -0.1) is 0 Å². The summed E-state index contributed by atoms with van der Waals surface area (Å²) >= 11 is 3.23. The minimum absolute atomic E-state index is 0.0168.